The number of benzene rings is 2. The smallest absolute Gasteiger partial charge is 0.159 e. The molecule has 1 aromatic heterocycles. The molecule has 1 saturated heterocycles. The van der Waals surface area contributed by atoms with Crippen molar-refractivity contribution in [2.45, 2.75) is 32.7 Å². The first-order chi connectivity index (χ1) is 15.6. The van der Waals surface area contributed by atoms with Gasteiger partial charge in [0.05, 0.1) is 0 Å². The molecule has 1 fully saturated rings. The van der Waals surface area contributed by atoms with Crippen molar-refractivity contribution >= 4 is 0 Å². The number of nitrogens with zero attached hydrogens (tertiary/aromatic N) is 4. The van der Waals surface area contributed by atoms with Crippen LogP contribution < -0.4 is 0 Å². The van der Waals surface area contributed by atoms with Crippen LogP contribution >= 0.6 is 0 Å². The Labute approximate surface area is 191 Å². The van der Waals surface area contributed by atoms with E-state index in [1.807, 2.05) is 30.6 Å². The van der Waals surface area contributed by atoms with Crippen LogP contribution in [0.4, 0.5) is 4.39 Å². The zero-order valence-electron chi connectivity index (χ0n) is 19.2. The fourth-order valence-corrected chi connectivity index (χ4v) is 4.59. The lowest BCUT2D eigenvalue weighted by Gasteiger charge is -2.34. The third kappa shape index (κ3) is 6.21. The molecule has 0 spiro atoms. The van der Waals surface area contributed by atoms with Gasteiger partial charge in [0.15, 0.2) is 5.82 Å². The highest BCUT2D eigenvalue weighted by Gasteiger charge is 2.20. The average molecular weight is 433 g/mol. The Morgan fingerprint density at radius 1 is 1.00 bits per heavy atom. The van der Waals surface area contributed by atoms with E-state index in [9.17, 15) is 4.39 Å². The molecular formula is C27H33FN4. The van der Waals surface area contributed by atoms with E-state index in [2.05, 4.69) is 45.9 Å². The normalized spacial score (nSPS) is 15.4. The zero-order chi connectivity index (χ0) is 22.3. The monoisotopic (exact) mass is 432 g/mol. The van der Waals surface area contributed by atoms with Crippen LogP contribution in [0.15, 0.2) is 60.9 Å². The van der Waals surface area contributed by atoms with Crippen molar-refractivity contribution in [3.8, 4) is 11.4 Å². The minimum Gasteiger partial charge on any atom is -0.303 e. The zero-order valence-corrected chi connectivity index (χ0v) is 19.2. The lowest BCUT2D eigenvalue weighted by Crippen LogP contribution is -2.38. The summed E-state index contributed by atoms with van der Waals surface area (Å²) in [5, 5.41) is 0. The lowest BCUT2D eigenvalue weighted by atomic mass is 9.96. The number of piperidine rings is 1. The van der Waals surface area contributed by atoms with Gasteiger partial charge in [-0.05, 0) is 75.5 Å². The molecule has 0 radical (unpaired) electrons. The van der Waals surface area contributed by atoms with E-state index in [-0.39, 0.29) is 5.82 Å². The number of likely N-dealkylation sites (tertiary alicyclic amines) is 1. The third-order valence-corrected chi connectivity index (χ3v) is 6.43. The maximum Gasteiger partial charge on any atom is 0.159 e. The molecule has 32 heavy (non-hydrogen) atoms. The maximum atomic E-state index is 13.3. The molecule has 0 bridgehead atoms. The van der Waals surface area contributed by atoms with Gasteiger partial charge in [-0.1, -0.05) is 36.4 Å². The van der Waals surface area contributed by atoms with Gasteiger partial charge in [0, 0.05) is 43.2 Å². The van der Waals surface area contributed by atoms with Gasteiger partial charge in [-0.25, -0.2) is 14.4 Å². The quantitative estimate of drug-likeness (QED) is 0.503. The Balaban J connectivity index is 1.20. The molecule has 1 aliphatic rings. The molecule has 5 heteroatoms. The second kappa shape index (κ2) is 10.8. The Morgan fingerprint density at radius 2 is 1.75 bits per heavy atom. The molecular weight excluding hydrogens is 399 g/mol. The van der Waals surface area contributed by atoms with Gasteiger partial charge in [-0.15, -0.1) is 0 Å². The molecule has 2 aromatic carbocycles. The van der Waals surface area contributed by atoms with Crippen LogP contribution in [0, 0.1) is 18.7 Å². The van der Waals surface area contributed by atoms with Crippen molar-refractivity contribution in [3.05, 3.63) is 83.4 Å². The number of rotatable bonds is 8. The second-order valence-electron chi connectivity index (χ2n) is 9.09. The Hall–Kier alpha value is -2.63. The molecule has 0 aliphatic carbocycles. The van der Waals surface area contributed by atoms with Gasteiger partial charge in [-0.2, -0.15) is 0 Å². The molecule has 4 rings (SSSR count). The van der Waals surface area contributed by atoms with E-state index in [4.69, 9.17) is 0 Å². The summed E-state index contributed by atoms with van der Waals surface area (Å²) >= 11 is 0. The third-order valence-electron chi connectivity index (χ3n) is 6.43. The number of hydrogen-bond donors (Lipinski definition) is 0. The number of halogens is 1. The van der Waals surface area contributed by atoms with Gasteiger partial charge in [0.1, 0.15) is 5.82 Å². The fraction of sp³-hybridized carbons (Fsp3) is 0.407. The summed E-state index contributed by atoms with van der Waals surface area (Å²) < 4.78 is 13.3. The van der Waals surface area contributed by atoms with E-state index in [1.165, 1.54) is 24.5 Å². The minimum atomic E-state index is -0.139. The summed E-state index contributed by atoms with van der Waals surface area (Å²) in [6.45, 7) is 7.32. The first-order valence-electron chi connectivity index (χ1n) is 11.6. The van der Waals surface area contributed by atoms with Crippen molar-refractivity contribution in [2.75, 3.05) is 33.2 Å². The standard InChI is InChI=1S/C27H33FN4/c1-21-6-3-4-9-26(21)27-29-17-24(18-30-27)20-31(2)19-23-11-14-32(15-12-23)13-10-22-7-5-8-25(28)16-22/h3-9,16-18,23H,10-15,19-20H2,1-2H3. The van der Waals surface area contributed by atoms with Crippen LogP contribution in [-0.4, -0.2) is 53.0 Å². The molecule has 2 heterocycles. The van der Waals surface area contributed by atoms with E-state index >= 15 is 0 Å². The summed E-state index contributed by atoms with van der Waals surface area (Å²) in [4.78, 5) is 14.1. The SMILES string of the molecule is Cc1ccccc1-c1ncc(CN(C)CC2CCN(CCc3cccc(F)c3)CC2)cn1. The van der Waals surface area contributed by atoms with Crippen LogP contribution in [0.25, 0.3) is 11.4 Å². The molecule has 168 valence electrons. The average Bonchev–Trinajstić information content (AvgIpc) is 2.80. The number of aromatic nitrogens is 2. The molecule has 0 saturated carbocycles. The Bertz CT molecular complexity index is 997. The summed E-state index contributed by atoms with van der Waals surface area (Å²) in [6.07, 6.45) is 7.27. The topological polar surface area (TPSA) is 32.3 Å². The highest BCUT2D eigenvalue weighted by atomic mass is 19.1. The van der Waals surface area contributed by atoms with E-state index < -0.39 is 0 Å². The fourth-order valence-electron chi connectivity index (χ4n) is 4.59. The van der Waals surface area contributed by atoms with Gasteiger partial charge in [0.25, 0.3) is 0 Å². The predicted molar refractivity (Wildman–Crippen MR) is 128 cm³/mol. The summed E-state index contributed by atoms with van der Waals surface area (Å²) in [5.74, 6) is 1.37. The molecule has 0 atom stereocenters. The van der Waals surface area contributed by atoms with E-state index in [1.54, 1.807) is 12.1 Å². The van der Waals surface area contributed by atoms with E-state index in [0.717, 1.165) is 67.6 Å². The van der Waals surface area contributed by atoms with Crippen LogP contribution in [0.1, 0.15) is 29.5 Å². The van der Waals surface area contributed by atoms with Crippen LogP contribution in [0.5, 0.6) is 0 Å². The molecule has 0 unspecified atom stereocenters. The van der Waals surface area contributed by atoms with Gasteiger partial charge < -0.3 is 9.80 Å². The van der Waals surface area contributed by atoms with E-state index in [0.29, 0.717) is 0 Å². The van der Waals surface area contributed by atoms with Crippen molar-refractivity contribution < 1.29 is 4.39 Å². The van der Waals surface area contributed by atoms with Gasteiger partial charge >= 0.3 is 0 Å². The van der Waals surface area contributed by atoms with Crippen molar-refractivity contribution in [1.82, 2.24) is 19.8 Å². The van der Waals surface area contributed by atoms with Crippen molar-refractivity contribution in [3.63, 3.8) is 0 Å². The first kappa shape index (κ1) is 22.6. The molecule has 4 nitrogen and oxygen atoms in total. The summed E-state index contributed by atoms with van der Waals surface area (Å²) in [6, 6.07) is 15.2. The van der Waals surface area contributed by atoms with Crippen LogP contribution in [0.2, 0.25) is 0 Å². The Morgan fingerprint density at radius 3 is 2.47 bits per heavy atom. The second-order valence-corrected chi connectivity index (χ2v) is 9.09. The number of hydrogen-bond acceptors (Lipinski definition) is 4. The highest BCUT2D eigenvalue weighted by molar-refractivity contribution is 5.59. The molecule has 0 amide bonds. The molecule has 3 aromatic rings. The van der Waals surface area contributed by atoms with Crippen LogP contribution in [0.3, 0.4) is 0 Å². The lowest BCUT2D eigenvalue weighted by molar-refractivity contribution is 0.153. The number of aryl methyl sites for hydroxylation is 1. The summed E-state index contributed by atoms with van der Waals surface area (Å²) in [5.41, 5.74) is 4.52. The van der Waals surface area contributed by atoms with Gasteiger partial charge in [-0.3, -0.25) is 0 Å². The highest BCUT2D eigenvalue weighted by Crippen LogP contribution is 2.21. The van der Waals surface area contributed by atoms with Crippen molar-refractivity contribution in [1.29, 1.82) is 0 Å². The predicted octanol–water partition coefficient (Wildman–Crippen LogP) is 4.98. The van der Waals surface area contributed by atoms with Crippen molar-refractivity contribution in [2.24, 2.45) is 5.92 Å². The van der Waals surface area contributed by atoms with Gasteiger partial charge in [0.2, 0.25) is 0 Å². The van der Waals surface area contributed by atoms with Crippen LogP contribution in [-0.2, 0) is 13.0 Å². The first-order valence-corrected chi connectivity index (χ1v) is 11.6. The molecule has 1 aliphatic heterocycles. The maximum absolute atomic E-state index is 13.3. The molecule has 0 N–H and O–H groups in total. The summed E-state index contributed by atoms with van der Waals surface area (Å²) in [7, 11) is 2.19. The Kier molecular flexibility index (Phi) is 7.61. The largest absolute Gasteiger partial charge is 0.303 e. The minimum absolute atomic E-state index is 0.139.